The molecule has 104 valence electrons. The summed E-state index contributed by atoms with van der Waals surface area (Å²) in [5.74, 6) is 0.361. The summed E-state index contributed by atoms with van der Waals surface area (Å²) in [5.41, 5.74) is 6.28. The molecule has 1 aromatic heterocycles. The average molecular weight is 294 g/mol. The van der Waals surface area contributed by atoms with Crippen LogP contribution < -0.4 is 5.73 Å². The molecule has 1 aromatic carbocycles. The molecule has 7 heteroatoms. The second-order valence-corrected chi connectivity index (χ2v) is 4.50. The zero-order valence-electron chi connectivity index (χ0n) is 9.71. The minimum Gasteiger partial charge on any atom is -0.459 e. The van der Waals surface area contributed by atoms with Crippen LogP contribution in [0.5, 0.6) is 0 Å². The molecule has 0 spiro atoms. The monoisotopic (exact) mass is 293 g/mol. The van der Waals surface area contributed by atoms with E-state index in [9.17, 15) is 13.2 Å². The quantitative estimate of drug-likeness (QED) is 0.936. The highest BCUT2D eigenvalue weighted by molar-refractivity contribution is 6.31. The van der Waals surface area contributed by atoms with Crippen LogP contribution in [0.3, 0.4) is 0 Å². The Bertz CT molecular complexity index is 568. The van der Waals surface area contributed by atoms with Crippen molar-refractivity contribution in [3.63, 3.8) is 0 Å². The Morgan fingerprint density at radius 1 is 1.32 bits per heavy atom. The van der Waals surface area contributed by atoms with Crippen molar-refractivity contribution >= 4 is 22.6 Å². The molecule has 3 nitrogen and oxygen atoms in total. The standard InChI is InChI=1S/C12H11ClF3NO2/c13-8-1-2-10-7(3-8)4-11(19-10)9(17)5-18-6-12(14,15)16/h1-4,9H,5-6,17H2. The third-order valence-corrected chi connectivity index (χ3v) is 2.66. The molecule has 2 rings (SSSR count). The van der Waals surface area contributed by atoms with Gasteiger partial charge in [-0.15, -0.1) is 0 Å². The van der Waals surface area contributed by atoms with E-state index in [1.54, 1.807) is 24.3 Å². The maximum Gasteiger partial charge on any atom is 0.411 e. The fourth-order valence-electron chi connectivity index (χ4n) is 1.60. The summed E-state index contributed by atoms with van der Waals surface area (Å²) in [6.07, 6.45) is -4.36. The van der Waals surface area contributed by atoms with E-state index >= 15 is 0 Å². The Balaban J connectivity index is 2.03. The molecule has 2 aromatic rings. The van der Waals surface area contributed by atoms with Gasteiger partial charge in [0.15, 0.2) is 0 Å². The van der Waals surface area contributed by atoms with E-state index < -0.39 is 18.8 Å². The molecule has 0 aliphatic heterocycles. The van der Waals surface area contributed by atoms with Gasteiger partial charge in [0.05, 0.1) is 12.6 Å². The number of benzene rings is 1. The molecule has 0 aliphatic carbocycles. The van der Waals surface area contributed by atoms with Crippen LogP contribution in [0.4, 0.5) is 13.2 Å². The lowest BCUT2D eigenvalue weighted by atomic mass is 10.2. The second kappa shape index (κ2) is 5.40. The maximum absolute atomic E-state index is 11.9. The Morgan fingerprint density at radius 3 is 2.74 bits per heavy atom. The molecule has 0 radical (unpaired) electrons. The van der Waals surface area contributed by atoms with Crippen molar-refractivity contribution in [1.29, 1.82) is 0 Å². The molecule has 0 aliphatic rings. The minimum absolute atomic E-state index is 0.271. The first-order valence-corrected chi connectivity index (χ1v) is 5.82. The Morgan fingerprint density at radius 2 is 2.05 bits per heavy atom. The minimum atomic E-state index is -4.36. The summed E-state index contributed by atoms with van der Waals surface area (Å²) in [4.78, 5) is 0. The Kier molecular flexibility index (Phi) is 4.03. The van der Waals surface area contributed by atoms with E-state index in [0.717, 1.165) is 5.39 Å². The Labute approximate surface area is 112 Å². The molecule has 1 atom stereocenters. The third-order valence-electron chi connectivity index (χ3n) is 2.43. The molecule has 0 bridgehead atoms. The molecule has 2 N–H and O–H groups in total. The first-order chi connectivity index (χ1) is 8.85. The van der Waals surface area contributed by atoms with E-state index in [-0.39, 0.29) is 6.61 Å². The van der Waals surface area contributed by atoms with Gasteiger partial charge in [0.1, 0.15) is 18.0 Å². The highest BCUT2D eigenvalue weighted by Crippen LogP contribution is 2.26. The lowest BCUT2D eigenvalue weighted by molar-refractivity contribution is -0.175. The Hall–Kier alpha value is -1.24. The highest BCUT2D eigenvalue weighted by Gasteiger charge is 2.28. The fraction of sp³-hybridized carbons (Fsp3) is 0.333. The van der Waals surface area contributed by atoms with E-state index in [1.807, 2.05) is 0 Å². The van der Waals surface area contributed by atoms with E-state index in [4.69, 9.17) is 21.8 Å². The first kappa shape index (κ1) is 14.2. The molecule has 0 saturated carbocycles. The van der Waals surface area contributed by atoms with Crippen LogP contribution in [0.2, 0.25) is 5.02 Å². The molecular weight excluding hydrogens is 283 g/mol. The highest BCUT2D eigenvalue weighted by atomic mass is 35.5. The van der Waals surface area contributed by atoms with Crippen LogP contribution in [0.15, 0.2) is 28.7 Å². The smallest absolute Gasteiger partial charge is 0.411 e. The normalized spacial score (nSPS) is 13.9. The molecule has 0 fully saturated rings. The number of rotatable bonds is 4. The van der Waals surface area contributed by atoms with Gasteiger partial charge in [-0.25, -0.2) is 0 Å². The summed E-state index contributed by atoms with van der Waals surface area (Å²) >= 11 is 5.82. The van der Waals surface area contributed by atoms with Crippen molar-refractivity contribution < 1.29 is 22.3 Å². The summed E-state index contributed by atoms with van der Waals surface area (Å²) in [6, 6.07) is 5.90. The molecule has 1 heterocycles. The van der Waals surface area contributed by atoms with Gasteiger partial charge in [-0.1, -0.05) is 11.6 Å². The number of hydrogen-bond donors (Lipinski definition) is 1. The van der Waals surface area contributed by atoms with E-state index in [1.165, 1.54) is 0 Å². The van der Waals surface area contributed by atoms with Crippen LogP contribution in [0.25, 0.3) is 11.0 Å². The largest absolute Gasteiger partial charge is 0.459 e. The van der Waals surface area contributed by atoms with Crippen molar-refractivity contribution in [2.75, 3.05) is 13.2 Å². The number of fused-ring (bicyclic) bond motifs is 1. The van der Waals surface area contributed by atoms with Crippen molar-refractivity contribution in [2.45, 2.75) is 12.2 Å². The number of alkyl halides is 3. The summed E-state index contributed by atoms with van der Waals surface area (Å²) in [7, 11) is 0. The zero-order valence-corrected chi connectivity index (χ0v) is 10.5. The number of furan rings is 1. The van der Waals surface area contributed by atoms with Crippen molar-refractivity contribution in [3.8, 4) is 0 Å². The molecule has 1 unspecified atom stereocenters. The van der Waals surface area contributed by atoms with E-state index in [0.29, 0.717) is 16.4 Å². The fourth-order valence-corrected chi connectivity index (χ4v) is 1.78. The van der Waals surface area contributed by atoms with Gasteiger partial charge in [0.25, 0.3) is 0 Å². The lowest BCUT2D eigenvalue weighted by Crippen LogP contribution is -2.22. The second-order valence-electron chi connectivity index (χ2n) is 4.07. The zero-order chi connectivity index (χ0) is 14.0. The maximum atomic E-state index is 11.9. The summed E-state index contributed by atoms with van der Waals surface area (Å²) in [6.45, 7) is -1.60. The lowest BCUT2D eigenvalue weighted by Gasteiger charge is -2.11. The van der Waals surface area contributed by atoms with E-state index in [2.05, 4.69) is 4.74 Å². The topological polar surface area (TPSA) is 48.4 Å². The van der Waals surface area contributed by atoms with Gasteiger partial charge >= 0.3 is 6.18 Å². The van der Waals surface area contributed by atoms with Crippen LogP contribution in [0.1, 0.15) is 11.8 Å². The average Bonchev–Trinajstić information content (AvgIpc) is 2.70. The van der Waals surface area contributed by atoms with Gasteiger partial charge in [-0.3, -0.25) is 0 Å². The SMILES string of the molecule is NC(COCC(F)(F)F)c1cc2cc(Cl)ccc2o1. The summed E-state index contributed by atoms with van der Waals surface area (Å²) in [5, 5.41) is 1.29. The van der Waals surface area contributed by atoms with Gasteiger partial charge in [-0.05, 0) is 24.3 Å². The van der Waals surface area contributed by atoms with Gasteiger partial charge in [-0.2, -0.15) is 13.2 Å². The van der Waals surface area contributed by atoms with Crippen LogP contribution >= 0.6 is 11.6 Å². The third kappa shape index (κ3) is 3.86. The van der Waals surface area contributed by atoms with Crippen molar-refractivity contribution in [1.82, 2.24) is 0 Å². The predicted molar refractivity (Wildman–Crippen MR) is 65.0 cm³/mol. The van der Waals surface area contributed by atoms with Gasteiger partial charge in [0, 0.05) is 10.4 Å². The van der Waals surface area contributed by atoms with Crippen molar-refractivity contribution in [2.24, 2.45) is 5.73 Å². The molecular formula is C12H11ClF3NO2. The van der Waals surface area contributed by atoms with Crippen LogP contribution in [0, 0.1) is 0 Å². The first-order valence-electron chi connectivity index (χ1n) is 5.44. The number of halogens is 4. The molecule has 0 amide bonds. The van der Waals surface area contributed by atoms with Crippen molar-refractivity contribution in [3.05, 3.63) is 35.0 Å². The number of nitrogens with two attached hydrogens (primary N) is 1. The number of ether oxygens (including phenoxy) is 1. The number of hydrogen-bond acceptors (Lipinski definition) is 3. The molecule has 0 saturated heterocycles. The van der Waals surface area contributed by atoms with Gasteiger partial charge in [0.2, 0.25) is 0 Å². The van der Waals surface area contributed by atoms with Gasteiger partial charge < -0.3 is 14.9 Å². The summed E-state index contributed by atoms with van der Waals surface area (Å²) < 4.78 is 45.7. The van der Waals surface area contributed by atoms with Crippen LogP contribution in [-0.2, 0) is 4.74 Å². The predicted octanol–water partition coefficient (Wildman–Crippen LogP) is 3.66. The van der Waals surface area contributed by atoms with Crippen LogP contribution in [-0.4, -0.2) is 19.4 Å². The molecule has 19 heavy (non-hydrogen) atoms.